The van der Waals surface area contributed by atoms with Crippen LogP contribution in [0.4, 0.5) is 0 Å². The predicted octanol–water partition coefficient (Wildman–Crippen LogP) is 3.85. The van der Waals surface area contributed by atoms with Crippen LogP contribution in [0.15, 0.2) is 59.2 Å². The number of carbonyl (C=O) groups is 1. The highest BCUT2D eigenvalue weighted by atomic mass is 79.9. The fourth-order valence-corrected chi connectivity index (χ4v) is 3.01. The minimum atomic E-state index is -0.233. The number of halogens is 1. The Morgan fingerprint density at radius 1 is 1.07 bits per heavy atom. The monoisotopic (exact) mass is 427 g/mol. The van der Waals surface area contributed by atoms with E-state index >= 15 is 0 Å². The van der Waals surface area contributed by atoms with E-state index in [4.69, 9.17) is 9.47 Å². The van der Waals surface area contributed by atoms with Gasteiger partial charge in [-0.1, -0.05) is 46.3 Å². The van der Waals surface area contributed by atoms with Crippen LogP contribution in [0.1, 0.15) is 15.9 Å². The maximum atomic E-state index is 12.5. The molecule has 0 saturated carbocycles. The molecule has 1 N–H and O–H groups in total. The number of nitrogens with one attached hydrogen (secondary N) is 1. The average Bonchev–Trinajstić information content (AvgIpc) is 2.73. The van der Waals surface area contributed by atoms with E-state index in [1.165, 1.54) is 6.20 Å². The van der Waals surface area contributed by atoms with Gasteiger partial charge in [-0.3, -0.25) is 4.79 Å². The van der Waals surface area contributed by atoms with Crippen LogP contribution in [0.25, 0.3) is 11.3 Å². The first-order valence-electron chi connectivity index (χ1n) is 8.19. The van der Waals surface area contributed by atoms with Gasteiger partial charge in [-0.15, -0.1) is 0 Å². The summed E-state index contributed by atoms with van der Waals surface area (Å²) in [5.74, 6) is 0.982. The number of benzene rings is 2. The lowest BCUT2D eigenvalue weighted by Crippen LogP contribution is -2.23. The van der Waals surface area contributed by atoms with E-state index in [1.54, 1.807) is 20.3 Å². The van der Waals surface area contributed by atoms with E-state index in [0.717, 1.165) is 15.6 Å². The molecule has 0 aliphatic heterocycles. The first-order chi connectivity index (χ1) is 13.1. The zero-order valence-corrected chi connectivity index (χ0v) is 16.5. The summed E-state index contributed by atoms with van der Waals surface area (Å²) < 4.78 is 11.4. The zero-order valence-electron chi connectivity index (χ0n) is 14.9. The SMILES string of the molecule is COc1cc(Br)c(CNC(=O)c2cnnc(-c3ccccc3)c2)cc1OC. The average molecular weight is 428 g/mol. The lowest BCUT2D eigenvalue weighted by molar-refractivity contribution is 0.0950. The number of carbonyl (C=O) groups excluding carboxylic acids is 1. The van der Waals surface area contributed by atoms with Crippen LogP contribution in [0, 0.1) is 0 Å². The van der Waals surface area contributed by atoms with Gasteiger partial charge in [0.2, 0.25) is 0 Å². The van der Waals surface area contributed by atoms with Crippen molar-refractivity contribution in [3.05, 3.63) is 70.3 Å². The molecule has 0 spiro atoms. The molecule has 1 heterocycles. The molecule has 0 aliphatic carbocycles. The minimum absolute atomic E-state index is 0.233. The van der Waals surface area contributed by atoms with Crippen molar-refractivity contribution < 1.29 is 14.3 Å². The fraction of sp³-hybridized carbons (Fsp3) is 0.150. The van der Waals surface area contributed by atoms with Gasteiger partial charge in [0.05, 0.1) is 31.7 Å². The van der Waals surface area contributed by atoms with Crippen molar-refractivity contribution in [1.29, 1.82) is 0 Å². The highest BCUT2D eigenvalue weighted by Crippen LogP contribution is 2.33. The molecular weight excluding hydrogens is 410 g/mol. The minimum Gasteiger partial charge on any atom is -0.493 e. The lowest BCUT2D eigenvalue weighted by Gasteiger charge is -2.12. The van der Waals surface area contributed by atoms with E-state index < -0.39 is 0 Å². The normalized spacial score (nSPS) is 10.3. The quantitative estimate of drug-likeness (QED) is 0.646. The first kappa shape index (κ1) is 18.8. The second-order valence-corrected chi connectivity index (χ2v) is 6.53. The van der Waals surface area contributed by atoms with Crippen molar-refractivity contribution in [1.82, 2.24) is 15.5 Å². The van der Waals surface area contributed by atoms with E-state index in [2.05, 4.69) is 31.4 Å². The van der Waals surface area contributed by atoms with Gasteiger partial charge in [-0.05, 0) is 23.8 Å². The lowest BCUT2D eigenvalue weighted by atomic mass is 10.1. The van der Waals surface area contributed by atoms with Crippen LogP contribution >= 0.6 is 15.9 Å². The molecule has 0 aliphatic rings. The molecule has 3 aromatic rings. The maximum Gasteiger partial charge on any atom is 0.253 e. The number of methoxy groups -OCH3 is 2. The highest BCUT2D eigenvalue weighted by Gasteiger charge is 2.13. The molecule has 0 atom stereocenters. The summed E-state index contributed by atoms with van der Waals surface area (Å²) >= 11 is 3.49. The zero-order chi connectivity index (χ0) is 19.2. The maximum absolute atomic E-state index is 12.5. The van der Waals surface area contributed by atoms with Gasteiger partial charge < -0.3 is 14.8 Å². The van der Waals surface area contributed by atoms with E-state index in [0.29, 0.717) is 29.3 Å². The van der Waals surface area contributed by atoms with Gasteiger partial charge in [0, 0.05) is 16.6 Å². The molecule has 27 heavy (non-hydrogen) atoms. The topological polar surface area (TPSA) is 73.3 Å². The predicted molar refractivity (Wildman–Crippen MR) is 106 cm³/mol. The number of hydrogen-bond donors (Lipinski definition) is 1. The number of amides is 1. The van der Waals surface area contributed by atoms with Gasteiger partial charge in [0.25, 0.3) is 5.91 Å². The van der Waals surface area contributed by atoms with Gasteiger partial charge in [0.15, 0.2) is 11.5 Å². The third kappa shape index (κ3) is 4.43. The molecular formula is C20H18BrN3O3. The van der Waals surface area contributed by atoms with Crippen molar-refractivity contribution in [2.75, 3.05) is 14.2 Å². The summed E-state index contributed by atoms with van der Waals surface area (Å²) in [4.78, 5) is 12.5. The standard InChI is InChI=1S/C20H18BrN3O3/c1-26-18-9-14(16(21)10-19(18)27-2)11-22-20(25)15-8-17(24-23-12-15)13-6-4-3-5-7-13/h3-10,12H,11H2,1-2H3,(H,22,25). The van der Waals surface area contributed by atoms with Crippen molar-refractivity contribution in [3.8, 4) is 22.8 Å². The number of aromatic nitrogens is 2. The molecule has 0 bridgehead atoms. The van der Waals surface area contributed by atoms with Crippen LogP contribution in [0.5, 0.6) is 11.5 Å². The summed E-state index contributed by atoms with van der Waals surface area (Å²) in [6, 6.07) is 15.0. The van der Waals surface area contributed by atoms with Crippen LogP contribution < -0.4 is 14.8 Å². The van der Waals surface area contributed by atoms with Crippen LogP contribution in [-0.2, 0) is 6.54 Å². The molecule has 0 fully saturated rings. The summed E-state index contributed by atoms with van der Waals surface area (Å²) in [5.41, 5.74) is 2.87. The molecule has 0 unspecified atom stereocenters. The summed E-state index contributed by atoms with van der Waals surface area (Å²) in [5, 5.41) is 10.9. The Labute approximate surface area is 165 Å². The number of rotatable bonds is 6. The number of nitrogens with zero attached hydrogens (tertiary/aromatic N) is 2. The fourth-order valence-electron chi connectivity index (χ4n) is 2.55. The van der Waals surface area contributed by atoms with Gasteiger partial charge in [0.1, 0.15) is 0 Å². The molecule has 1 amide bonds. The third-order valence-electron chi connectivity index (χ3n) is 3.98. The first-order valence-corrected chi connectivity index (χ1v) is 8.98. The number of hydrogen-bond acceptors (Lipinski definition) is 5. The molecule has 0 radical (unpaired) electrons. The Morgan fingerprint density at radius 3 is 2.48 bits per heavy atom. The number of ether oxygens (including phenoxy) is 2. The molecule has 3 rings (SSSR count). The van der Waals surface area contributed by atoms with Crippen molar-refractivity contribution in [2.24, 2.45) is 0 Å². The van der Waals surface area contributed by atoms with Crippen LogP contribution in [-0.4, -0.2) is 30.3 Å². The van der Waals surface area contributed by atoms with Crippen LogP contribution in [0.3, 0.4) is 0 Å². The van der Waals surface area contributed by atoms with Crippen molar-refractivity contribution in [2.45, 2.75) is 6.54 Å². The van der Waals surface area contributed by atoms with E-state index in [-0.39, 0.29) is 5.91 Å². The van der Waals surface area contributed by atoms with Gasteiger partial charge in [-0.25, -0.2) is 0 Å². The Hall–Kier alpha value is -2.93. The van der Waals surface area contributed by atoms with E-state index in [1.807, 2.05) is 42.5 Å². The molecule has 0 saturated heterocycles. The summed E-state index contributed by atoms with van der Waals surface area (Å²) in [6.45, 7) is 0.322. The van der Waals surface area contributed by atoms with Crippen molar-refractivity contribution in [3.63, 3.8) is 0 Å². The molecule has 7 heteroatoms. The Balaban J connectivity index is 1.75. The third-order valence-corrected chi connectivity index (χ3v) is 4.72. The van der Waals surface area contributed by atoms with E-state index in [9.17, 15) is 4.79 Å². The Kier molecular flexibility index (Phi) is 6.03. The molecule has 2 aromatic carbocycles. The second-order valence-electron chi connectivity index (χ2n) is 5.68. The van der Waals surface area contributed by atoms with Crippen LogP contribution in [0.2, 0.25) is 0 Å². The smallest absolute Gasteiger partial charge is 0.253 e. The largest absolute Gasteiger partial charge is 0.493 e. The Bertz CT molecular complexity index is 948. The highest BCUT2D eigenvalue weighted by molar-refractivity contribution is 9.10. The Morgan fingerprint density at radius 2 is 1.78 bits per heavy atom. The molecule has 1 aromatic heterocycles. The summed E-state index contributed by atoms with van der Waals surface area (Å²) in [6.07, 6.45) is 1.45. The van der Waals surface area contributed by atoms with Gasteiger partial charge in [-0.2, -0.15) is 10.2 Å². The van der Waals surface area contributed by atoms with Crippen molar-refractivity contribution >= 4 is 21.8 Å². The second kappa shape index (κ2) is 8.64. The summed E-state index contributed by atoms with van der Waals surface area (Å²) in [7, 11) is 3.15. The molecule has 138 valence electrons. The van der Waals surface area contributed by atoms with Gasteiger partial charge >= 0.3 is 0 Å². The molecule has 6 nitrogen and oxygen atoms in total.